The third-order valence-electron chi connectivity index (χ3n) is 5.05. The molecule has 1 aliphatic carbocycles. The van der Waals surface area contributed by atoms with Crippen molar-refractivity contribution in [3.05, 3.63) is 60.8 Å². The van der Waals surface area contributed by atoms with Crippen LogP contribution in [0, 0.1) is 5.92 Å². The van der Waals surface area contributed by atoms with Gasteiger partial charge in [0.25, 0.3) is 5.91 Å². The molecule has 0 radical (unpaired) electrons. The van der Waals surface area contributed by atoms with E-state index in [2.05, 4.69) is 21.6 Å². The molecule has 1 heterocycles. The molecule has 0 aliphatic heterocycles. The summed E-state index contributed by atoms with van der Waals surface area (Å²) in [5.41, 5.74) is 0.321. The summed E-state index contributed by atoms with van der Waals surface area (Å²) < 4.78 is 32.6. The number of rotatable bonds is 9. The second-order valence-electron chi connectivity index (χ2n) is 7.28. The second-order valence-corrected chi connectivity index (χ2v) is 9.05. The number of anilines is 1. The molecule has 2 N–H and O–H groups in total. The minimum absolute atomic E-state index is 0.0789. The van der Waals surface area contributed by atoms with E-state index in [-0.39, 0.29) is 17.3 Å². The lowest BCUT2D eigenvalue weighted by molar-refractivity contribution is 0.102. The number of hydrogen-bond donors (Lipinski definition) is 2. The lowest BCUT2D eigenvalue weighted by atomic mass is 9.90. The van der Waals surface area contributed by atoms with E-state index in [9.17, 15) is 13.2 Å². The molecule has 1 aromatic heterocycles. The monoisotopic (exact) mass is 429 g/mol. The minimum Gasteiger partial charge on any atom is -0.489 e. The van der Waals surface area contributed by atoms with Gasteiger partial charge in [0.15, 0.2) is 11.6 Å². The Balaban J connectivity index is 1.65. The summed E-state index contributed by atoms with van der Waals surface area (Å²) in [7, 11) is -3.63. The molecule has 0 spiro atoms. The van der Waals surface area contributed by atoms with Gasteiger partial charge in [-0.25, -0.2) is 18.1 Å². The van der Waals surface area contributed by atoms with Gasteiger partial charge in [0.1, 0.15) is 0 Å². The van der Waals surface area contributed by atoms with Crippen molar-refractivity contribution in [3.63, 3.8) is 0 Å². The minimum atomic E-state index is -3.63. The fourth-order valence-electron chi connectivity index (χ4n) is 3.38. The van der Waals surface area contributed by atoms with E-state index >= 15 is 0 Å². The van der Waals surface area contributed by atoms with Crippen LogP contribution in [-0.2, 0) is 10.0 Å². The molecule has 0 saturated heterocycles. The second kappa shape index (κ2) is 10.4. The van der Waals surface area contributed by atoms with E-state index in [1.165, 1.54) is 62.4 Å². The molecule has 1 saturated carbocycles. The van der Waals surface area contributed by atoms with Gasteiger partial charge in [-0.2, -0.15) is 0 Å². The first-order valence-electron chi connectivity index (χ1n) is 10.1. The lowest BCUT2D eigenvalue weighted by Crippen LogP contribution is -2.23. The van der Waals surface area contributed by atoms with Crippen LogP contribution in [0.1, 0.15) is 42.5 Å². The first kappa shape index (κ1) is 22.0. The Kier molecular flexibility index (Phi) is 7.59. The fourth-order valence-corrected chi connectivity index (χ4v) is 4.38. The number of pyridine rings is 1. The van der Waals surface area contributed by atoms with Crippen LogP contribution in [0.4, 0.5) is 5.82 Å². The molecule has 0 bridgehead atoms. The van der Waals surface area contributed by atoms with Crippen molar-refractivity contribution in [1.29, 1.82) is 0 Å². The topological polar surface area (TPSA) is 97.4 Å². The van der Waals surface area contributed by atoms with Crippen molar-refractivity contribution in [3.8, 4) is 5.75 Å². The number of amides is 1. The molecule has 30 heavy (non-hydrogen) atoms. The van der Waals surface area contributed by atoms with Crippen LogP contribution in [0.2, 0.25) is 0 Å². The van der Waals surface area contributed by atoms with Crippen LogP contribution in [-0.4, -0.2) is 32.5 Å². The van der Waals surface area contributed by atoms with Gasteiger partial charge in [0, 0.05) is 18.3 Å². The first-order chi connectivity index (χ1) is 14.5. The van der Waals surface area contributed by atoms with Crippen molar-refractivity contribution in [2.45, 2.75) is 37.0 Å². The third kappa shape index (κ3) is 5.90. The zero-order valence-corrected chi connectivity index (χ0v) is 17.7. The van der Waals surface area contributed by atoms with Gasteiger partial charge in [-0.3, -0.25) is 4.79 Å². The molecule has 3 rings (SSSR count). The summed E-state index contributed by atoms with van der Waals surface area (Å²) in [6, 6.07) is 9.25. The smallest absolute Gasteiger partial charge is 0.256 e. The van der Waals surface area contributed by atoms with Gasteiger partial charge in [0.05, 0.1) is 11.5 Å². The summed E-state index contributed by atoms with van der Waals surface area (Å²) >= 11 is 0. The Labute approximate surface area is 177 Å². The van der Waals surface area contributed by atoms with Gasteiger partial charge in [-0.1, -0.05) is 25.3 Å². The number of benzene rings is 1. The molecule has 1 amide bonds. The third-order valence-corrected chi connectivity index (χ3v) is 6.49. The van der Waals surface area contributed by atoms with E-state index in [1.54, 1.807) is 18.3 Å². The number of ether oxygens (including phenoxy) is 1. The highest BCUT2D eigenvalue weighted by Crippen LogP contribution is 2.27. The molecular formula is C22H27N3O4S. The van der Waals surface area contributed by atoms with Gasteiger partial charge in [-0.15, -0.1) is 6.58 Å². The highest BCUT2D eigenvalue weighted by atomic mass is 32.2. The van der Waals surface area contributed by atoms with Gasteiger partial charge < -0.3 is 10.1 Å². The summed E-state index contributed by atoms with van der Waals surface area (Å²) in [6.45, 7) is 4.23. The fraction of sp³-hybridized carbons (Fsp3) is 0.364. The quantitative estimate of drug-likeness (QED) is 0.592. The molecule has 7 nitrogen and oxygen atoms in total. The van der Waals surface area contributed by atoms with Crippen molar-refractivity contribution in [1.82, 2.24) is 9.71 Å². The molecule has 160 valence electrons. The predicted molar refractivity (Wildman–Crippen MR) is 116 cm³/mol. The Bertz CT molecular complexity index is 968. The highest BCUT2D eigenvalue weighted by Gasteiger charge is 2.17. The number of nitrogens with zero attached hydrogens (tertiary/aromatic N) is 1. The number of hydrogen-bond acceptors (Lipinski definition) is 5. The van der Waals surface area contributed by atoms with Crippen LogP contribution in [0.15, 0.2) is 60.1 Å². The van der Waals surface area contributed by atoms with Crippen molar-refractivity contribution in [2.75, 3.05) is 18.5 Å². The van der Waals surface area contributed by atoms with Crippen LogP contribution < -0.4 is 14.8 Å². The summed E-state index contributed by atoms with van der Waals surface area (Å²) in [5, 5.41) is 2.75. The van der Waals surface area contributed by atoms with Crippen LogP contribution in [0.25, 0.3) is 0 Å². The number of carbonyl (C=O) groups is 1. The molecule has 1 aromatic carbocycles. The van der Waals surface area contributed by atoms with Crippen LogP contribution >= 0.6 is 0 Å². The van der Waals surface area contributed by atoms with E-state index in [0.717, 1.165) is 0 Å². The molecule has 0 atom stereocenters. The zero-order valence-electron chi connectivity index (χ0n) is 16.8. The van der Waals surface area contributed by atoms with Crippen LogP contribution in [0.5, 0.6) is 5.75 Å². The Morgan fingerprint density at radius 2 is 1.90 bits per heavy atom. The van der Waals surface area contributed by atoms with Gasteiger partial charge in [-0.05, 0) is 55.2 Å². The first-order valence-corrected chi connectivity index (χ1v) is 11.6. The maximum Gasteiger partial charge on any atom is 0.256 e. The standard InChI is InChI=1S/C22H27N3O4S/c1-2-14-24-30(27,28)19-12-10-18(11-13-19)22(26)25-21-20(9-6-15-23-21)29-16-17-7-4-3-5-8-17/h2,6,9-13,15,17,24H,1,3-5,7-8,14,16H2,(H,23,25,26). The Hall–Kier alpha value is -2.71. The summed E-state index contributed by atoms with van der Waals surface area (Å²) in [6.07, 6.45) is 9.13. The van der Waals surface area contributed by atoms with Crippen molar-refractivity contribution in [2.24, 2.45) is 5.92 Å². The van der Waals surface area contributed by atoms with Crippen molar-refractivity contribution < 1.29 is 17.9 Å². The van der Waals surface area contributed by atoms with E-state index in [4.69, 9.17) is 4.74 Å². The molecule has 1 fully saturated rings. The number of carbonyl (C=O) groups excluding carboxylic acids is 1. The van der Waals surface area contributed by atoms with Crippen LogP contribution in [0.3, 0.4) is 0 Å². The molecular weight excluding hydrogens is 402 g/mol. The molecule has 2 aromatic rings. The zero-order chi connectivity index (χ0) is 21.4. The Morgan fingerprint density at radius 3 is 2.60 bits per heavy atom. The average Bonchev–Trinajstić information content (AvgIpc) is 2.78. The SMILES string of the molecule is C=CCNS(=O)(=O)c1ccc(C(=O)Nc2ncccc2OCC2CCCCC2)cc1. The van der Waals surface area contributed by atoms with E-state index in [1.807, 2.05) is 0 Å². The molecule has 0 unspecified atom stereocenters. The number of aromatic nitrogens is 1. The van der Waals surface area contributed by atoms with E-state index in [0.29, 0.717) is 29.7 Å². The number of nitrogens with one attached hydrogen (secondary N) is 2. The highest BCUT2D eigenvalue weighted by molar-refractivity contribution is 7.89. The van der Waals surface area contributed by atoms with Gasteiger partial charge >= 0.3 is 0 Å². The lowest BCUT2D eigenvalue weighted by Gasteiger charge is -2.22. The van der Waals surface area contributed by atoms with E-state index < -0.39 is 10.0 Å². The largest absolute Gasteiger partial charge is 0.489 e. The Morgan fingerprint density at radius 1 is 1.17 bits per heavy atom. The maximum atomic E-state index is 12.6. The predicted octanol–water partition coefficient (Wildman–Crippen LogP) is 3.76. The molecule has 1 aliphatic rings. The number of sulfonamides is 1. The van der Waals surface area contributed by atoms with Crippen molar-refractivity contribution >= 4 is 21.7 Å². The summed E-state index contributed by atoms with van der Waals surface area (Å²) in [5.74, 6) is 1.03. The molecule has 8 heteroatoms. The summed E-state index contributed by atoms with van der Waals surface area (Å²) in [4.78, 5) is 16.9. The average molecular weight is 430 g/mol. The maximum absolute atomic E-state index is 12.6. The normalized spacial score (nSPS) is 14.8. The van der Waals surface area contributed by atoms with Gasteiger partial charge in [0.2, 0.25) is 10.0 Å².